The van der Waals surface area contributed by atoms with E-state index in [9.17, 15) is 4.79 Å². The number of rotatable bonds is 5. The van der Waals surface area contributed by atoms with Crippen molar-refractivity contribution in [2.24, 2.45) is 0 Å². The van der Waals surface area contributed by atoms with Gasteiger partial charge in [-0.2, -0.15) is 0 Å². The van der Waals surface area contributed by atoms with Gasteiger partial charge < -0.3 is 14.4 Å². The molecule has 2 aromatic rings. The van der Waals surface area contributed by atoms with E-state index in [1.165, 1.54) is 10.4 Å². The number of nitrogens with zero attached hydrogens (tertiary/aromatic N) is 1. The molecule has 26 heavy (non-hydrogen) atoms. The van der Waals surface area contributed by atoms with Crippen molar-refractivity contribution in [2.75, 3.05) is 27.2 Å². The van der Waals surface area contributed by atoms with E-state index < -0.39 is 0 Å². The minimum Gasteiger partial charge on any atom is -0.488 e. The van der Waals surface area contributed by atoms with E-state index in [-0.39, 0.29) is 18.4 Å². The summed E-state index contributed by atoms with van der Waals surface area (Å²) in [6.45, 7) is 3.70. The van der Waals surface area contributed by atoms with Crippen molar-refractivity contribution in [3.05, 3.63) is 57.3 Å². The van der Waals surface area contributed by atoms with E-state index in [4.69, 9.17) is 9.47 Å². The normalized spacial score (nSPS) is 14.1. The van der Waals surface area contributed by atoms with Gasteiger partial charge in [0.2, 0.25) is 0 Å². The van der Waals surface area contributed by atoms with Gasteiger partial charge in [0, 0.05) is 22.5 Å². The third kappa shape index (κ3) is 4.47. The van der Waals surface area contributed by atoms with Crippen molar-refractivity contribution < 1.29 is 14.3 Å². The SMILES string of the molecule is CCOC(=O)c1ccc2c(c1)/C(=C\CCN(C)C)c1sccc1CO2.Cl. The molecule has 0 fully saturated rings. The topological polar surface area (TPSA) is 38.8 Å². The summed E-state index contributed by atoms with van der Waals surface area (Å²) < 4.78 is 11.1. The minimum absolute atomic E-state index is 0. The van der Waals surface area contributed by atoms with Crippen molar-refractivity contribution in [1.82, 2.24) is 4.90 Å². The highest BCUT2D eigenvalue weighted by atomic mass is 35.5. The molecule has 1 aliphatic rings. The van der Waals surface area contributed by atoms with Crippen molar-refractivity contribution in [3.8, 4) is 5.75 Å². The summed E-state index contributed by atoms with van der Waals surface area (Å²) in [6.07, 6.45) is 3.18. The fraction of sp³-hybridized carbons (Fsp3) is 0.350. The number of benzene rings is 1. The molecular weight excluding hydrogens is 370 g/mol. The largest absolute Gasteiger partial charge is 0.488 e. The predicted molar refractivity (Wildman–Crippen MR) is 109 cm³/mol. The second-order valence-corrected chi connectivity index (χ2v) is 7.12. The molecule has 2 heterocycles. The van der Waals surface area contributed by atoms with E-state index in [0.717, 1.165) is 29.9 Å². The van der Waals surface area contributed by atoms with Crippen LogP contribution in [-0.2, 0) is 11.3 Å². The first-order valence-electron chi connectivity index (χ1n) is 8.46. The van der Waals surface area contributed by atoms with Crippen LogP contribution in [0.15, 0.2) is 35.7 Å². The molecule has 140 valence electrons. The molecule has 0 saturated heterocycles. The van der Waals surface area contributed by atoms with Gasteiger partial charge in [0.25, 0.3) is 0 Å². The number of halogens is 1. The van der Waals surface area contributed by atoms with Crippen LogP contribution in [0.2, 0.25) is 0 Å². The Morgan fingerprint density at radius 3 is 2.88 bits per heavy atom. The van der Waals surface area contributed by atoms with Gasteiger partial charge in [-0.1, -0.05) is 6.08 Å². The van der Waals surface area contributed by atoms with Crippen LogP contribution in [0.4, 0.5) is 0 Å². The van der Waals surface area contributed by atoms with Crippen LogP contribution in [0.3, 0.4) is 0 Å². The number of fused-ring (bicyclic) bond motifs is 2. The first-order chi connectivity index (χ1) is 12.1. The number of esters is 1. The van der Waals surface area contributed by atoms with Crippen molar-refractivity contribution >= 4 is 35.3 Å². The average Bonchev–Trinajstić information content (AvgIpc) is 3.00. The van der Waals surface area contributed by atoms with Gasteiger partial charge in [0.05, 0.1) is 12.2 Å². The Kier molecular flexibility index (Phi) is 7.26. The lowest BCUT2D eigenvalue weighted by atomic mass is 9.98. The summed E-state index contributed by atoms with van der Waals surface area (Å²) in [5.74, 6) is 0.515. The maximum absolute atomic E-state index is 12.1. The Morgan fingerprint density at radius 2 is 2.15 bits per heavy atom. The van der Waals surface area contributed by atoms with Crippen LogP contribution in [0.1, 0.15) is 39.7 Å². The number of hydrogen-bond donors (Lipinski definition) is 0. The van der Waals surface area contributed by atoms with Crippen LogP contribution < -0.4 is 4.74 Å². The standard InChI is InChI=1S/C20H23NO3S.ClH/c1-4-23-20(22)14-7-8-18-17(12-14)16(6-5-10-21(2)3)19-15(13-24-18)9-11-25-19;/h6-9,11-12H,4-5,10,13H2,1-3H3;1H/b16-6+;. The molecule has 0 atom stereocenters. The second-order valence-electron chi connectivity index (χ2n) is 6.20. The molecule has 4 nitrogen and oxygen atoms in total. The fourth-order valence-electron chi connectivity index (χ4n) is 2.84. The van der Waals surface area contributed by atoms with E-state index in [2.05, 4.69) is 36.5 Å². The zero-order valence-electron chi connectivity index (χ0n) is 15.3. The van der Waals surface area contributed by atoms with Gasteiger partial charge in [-0.25, -0.2) is 4.79 Å². The highest BCUT2D eigenvalue weighted by molar-refractivity contribution is 7.11. The number of carbonyl (C=O) groups is 1. The van der Waals surface area contributed by atoms with Crippen LogP contribution in [-0.4, -0.2) is 38.1 Å². The Hall–Kier alpha value is -1.82. The van der Waals surface area contributed by atoms with Crippen LogP contribution in [0.25, 0.3) is 5.57 Å². The number of thiophene rings is 1. The van der Waals surface area contributed by atoms with Crippen LogP contribution >= 0.6 is 23.7 Å². The van der Waals surface area contributed by atoms with Crippen molar-refractivity contribution in [3.63, 3.8) is 0 Å². The second kappa shape index (κ2) is 9.21. The molecule has 6 heteroatoms. The maximum Gasteiger partial charge on any atom is 0.338 e. The first-order valence-corrected chi connectivity index (χ1v) is 9.34. The maximum atomic E-state index is 12.1. The molecule has 0 unspecified atom stereocenters. The lowest BCUT2D eigenvalue weighted by molar-refractivity contribution is 0.0526. The van der Waals surface area contributed by atoms with Crippen molar-refractivity contribution in [1.29, 1.82) is 0 Å². The molecule has 0 N–H and O–H groups in total. The summed E-state index contributed by atoms with van der Waals surface area (Å²) in [5.41, 5.74) is 3.86. The molecule has 0 radical (unpaired) electrons. The Bertz CT molecular complexity index is 798. The van der Waals surface area contributed by atoms with Crippen LogP contribution in [0.5, 0.6) is 5.75 Å². The zero-order chi connectivity index (χ0) is 17.8. The number of ether oxygens (including phenoxy) is 2. The van der Waals surface area contributed by atoms with E-state index in [0.29, 0.717) is 18.8 Å². The van der Waals surface area contributed by atoms with Gasteiger partial charge in [0.1, 0.15) is 12.4 Å². The van der Waals surface area contributed by atoms with Crippen LogP contribution in [0, 0.1) is 0 Å². The zero-order valence-corrected chi connectivity index (χ0v) is 16.9. The third-order valence-electron chi connectivity index (χ3n) is 4.08. The molecule has 0 aliphatic carbocycles. The quantitative estimate of drug-likeness (QED) is 0.694. The molecule has 0 amide bonds. The van der Waals surface area contributed by atoms with E-state index >= 15 is 0 Å². The average molecular weight is 394 g/mol. The Balaban J connectivity index is 0.00000243. The monoisotopic (exact) mass is 393 g/mol. The molecule has 0 saturated carbocycles. The molecule has 3 rings (SSSR count). The smallest absolute Gasteiger partial charge is 0.338 e. The van der Waals surface area contributed by atoms with Gasteiger partial charge in [-0.15, -0.1) is 23.7 Å². The molecule has 0 bridgehead atoms. The summed E-state index contributed by atoms with van der Waals surface area (Å²) in [4.78, 5) is 15.5. The number of hydrogen-bond acceptors (Lipinski definition) is 5. The summed E-state index contributed by atoms with van der Waals surface area (Å²) in [5, 5.41) is 2.09. The minimum atomic E-state index is -0.298. The summed E-state index contributed by atoms with van der Waals surface area (Å²) in [6, 6.07) is 7.65. The Labute approximate surface area is 164 Å². The fourth-order valence-corrected chi connectivity index (χ4v) is 3.81. The Morgan fingerprint density at radius 1 is 1.35 bits per heavy atom. The van der Waals surface area contributed by atoms with Gasteiger partial charge >= 0.3 is 5.97 Å². The van der Waals surface area contributed by atoms with Gasteiger partial charge in [-0.05, 0) is 62.7 Å². The van der Waals surface area contributed by atoms with E-state index in [1.54, 1.807) is 17.4 Å². The first kappa shape index (κ1) is 20.5. The summed E-state index contributed by atoms with van der Waals surface area (Å²) >= 11 is 1.72. The van der Waals surface area contributed by atoms with Gasteiger partial charge in [0.15, 0.2) is 0 Å². The number of carbonyl (C=O) groups excluding carboxylic acids is 1. The lowest BCUT2D eigenvalue weighted by Gasteiger charge is -2.12. The molecular formula is C20H24ClNO3S. The lowest BCUT2D eigenvalue weighted by Crippen LogP contribution is -2.12. The molecule has 1 aromatic heterocycles. The highest BCUT2D eigenvalue weighted by Crippen LogP contribution is 2.40. The van der Waals surface area contributed by atoms with Gasteiger partial charge in [-0.3, -0.25) is 0 Å². The molecule has 1 aliphatic heterocycles. The predicted octanol–water partition coefficient (Wildman–Crippen LogP) is 4.62. The van der Waals surface area contributed by atoms with E-state index in [1.807, 2.05) is 19.1 Å². The molecule has 0 spiro atoms. The highest BCUT2D eigenvalue weighted by Gasteiger charge is 2.22. The summed E-state index contributed by atoms with van der Waals surface area (Å²) in [7, 11) is 4.14. The van der Waals surface area contributed by atoms with Crippen molar-refractivity contribution in [2.45, 2.75) is 20.0 Å². The molecule has 1 aromatic carbocycles. The third-order valence-corrected chi connectivity index (χ3v) is 5.07.